The van der Waals surface area contributed by atoms with Crippen molar-refractivity contribution in [2.45, 2.75) is 65.1 Å². The molecule has 3 aromatic rings. The molecule has 5 N–H and O–H groups in total. The van der Waals surface area contributed by atoms with Gasteiger partial charge in [-0.05, 0) is 94.2 Å². The molecular formula is C35H43N5O7S. The van der Waals surface area contributed by atoms with Gasteiger partial charge in [-0.3, -0.25) is 19.2 Å². The number of carbonyl (C=O) groups excluding carboxylic acids is 3. The van der Waals surface area contributed by atoms with Crippen LogP contribution in [0.1, 0.15) is 80.7 Å². The summed E-state index contributed by atoms with van der Waals surface area (Å²) >= 11 is 1.19. The van der Waals surface area contributed by atoms with Crippen molar-refractivity contribution in [3.05, 3.63) is 87.3 Å². The Morgan fingerprint density at radius 2 is 1.65 bits per heavy atom. The average Bonchev–Trinajstić information content (AvgIpc) is 3.53. The van der Waals surface area contributed by atoms with E-state index in [2.05, 4.69) is 20.9 Å². The number of amides is 3. The van der Waals surface area contributed by atoms with Gasteiger partial charge in [0.1, 0.15) is 6.04 Å². The monoisotopic (exact) mass is 677 g/mol. The zero-order valence-electron chi connectivity index (χ0n) is 27.8. The fourth-order valence-electron chi connectivity index (χ4n) is 4.82. The molecule has 4 rings (SSSR count). The van der Waals surface area contributed by atoms with Crippen LogP contribution in [0.15, 0.2) is 59.6 Å². The van der Waals surface area contributed by atoms with Gasteiger partial charge in [-0.2, -0.15) is 0 Å². The van der Waals surface area contributed by atoms with Crippen LogP contribution in [0.5, 0.6) is 0 Å². The third kappa shape index (κ3) is 11.4. The lowest BCUT2D eigenvalue weighted by Crippen LogP contribution is -2.40. The summed E-state index contributed by atoms with van der Waals surface area (Å²) in [5, 5.41) is 27.1. The maximum Gasteiger partial charge on any atom is 0.326 e. The van der Waals surface area contributed by atoms with E-state index in [0.717, 1.165) is 40.4 Å². The summed E-state index contributed by atoms with van der Waals surface area (Å²) in [6, 6.07) is 15.8. The first-order valence-corrected chi connectivity index (χ1v) is 16.4. The Hall–Kier alpha value is -4.88. The molecule has 48 heavy (non-hydrogen) atoms. The lowest BCUT2D eigenvalue weighted by atomic mass is 9.96. The molecule has 256 valence electrons. The van der Waals surface area contributed by atoms with Crippen molar-refractivity contribution < 1.29 is 34.2 Å². The number of carbonyl (C=O) groups is 5. The van der Waals surface area contributed by atoms with Crippen LogP contribution < -0.4 is 20.9 Å². The van der Waals surface area contributed by atoms with E-state index in [1.54, 1.807) is 12.1 Å². The second-order valence-electron chi connectivity index (χ2n) is 11.8. The summed E-state index contributed by atoms with van der Waals surface area (Å²) in [6.45, 7) is 7.20. The molecule has 13 heteroatoms. The van der Waals surface area contributed by atoms with Gasteiger partial charge >= 0.3 is 11.9 Å². The van der Waals surface area contributed by atoms with E-state index < -0.39 is 23.9 Å². The van der Waals surface area contributed by atoms with Gasteiger partial charge in [0.05, 0.1) is 9.88 Å². The number of hydrogen-bond donors (Lipinski definition) is 5. The van der Waals surface area contributed by atoms with Gasteiger partial charge in [0.2, 0.25) is 0 Å². The lowest BCUT2D eigenvalue weighted by Gasteiger charge is -2.19. The van der Waals surface area contributed by atoms with Crippen molar-refractivity contribution in [1.82, 2.24) is 16.0 Å². The number of thiophene rings is 1. The van der Waals surface area contributed by atoms with Gasteiger partial charge in [-0.25, -0.2) is 9.79 Å². The molecule has 0 saturated carbocycles. The Morgan fingerprint density at radius 3 is 2.27 bits per heavy atom. The number of benzene rings is 2. The Kier molecular flexibility index (Phi) is 14.0. The molecule has 0 fully saturated rings. The van der Waals surface area contributed by atoms with E-state index in [4.69, 9.17) is 5.11 Å². The van der Waals surface area contributed by atoms with Gasteiger partial charge in [-0.1, -0.05) is 24.3 Å². The van der Waals surface area contributed by atoms with E-state index >= 15 is 0 Å². The highest BCUT2D eigenvalue weighted by Crippen LogP contribution is 2.27. The summed E-state index contributed by atoms with van der Waals surface area (Å²) in [5.41, 5.74) is 5.25. The van der Waals surface area contributed by atoms with Gasteiger partial charge in [0, 0.05) is 49.3 Å². The molecule has 0 bridgehead atoms. The van der Waals surface area contributed by atoms with Crippen LogP contribution in [0.4, 0.5) is 5.00 Å². The number of nitrogens with zero attached hydrogens (tertiary/aromatic N) is 2. The number of nitrogens with one attached hydrogen (secondary N) is 3. The van der Waals surface area contributed by atoms with E-state index in [1.165, 1.54) is 16.9 Å². The number of rotatable bonds is 14. The molecular weight excluding hydrogens is 634 g/mol. The summed E-state index contributed by atoms with van der Waals surface area (Å²) in [4.78, 5) is 64.5. The van der Waals surface area contributed by atoms with E-state index in [9.17, 15) is 29.1 Å². The SMILES string of the molecule is CC1=NC(=O)c2cc(CN(C)c3ccc(C(=O)N[C@@H](CCC(=O)O)C(=O)O)s3)ccc2C1.CNCCc1ccc(C(=O)NC(C)C)cc1. The zero-order valence-corrected chi connectivity index (χ0v) is 28.6. The predicted octanol–water partition coefficient (Wildman–Crippen LogP) is 4.18. The van der Waals surface area contributed by atoms with E-state index in [-0.39, 0.29) is 30.7 Å². The maximum absolute atomic E-state index is 12.4. The minimum absolute atomic E-state index is 0.00448. The minimum Gasteiger partial charge on any atom is -0.481 e. The molecule has 0 radical (unpaired) electrons. The van der Waals surface area contributed by atoms with Crippen molar-refractivity contribution in [2.75, 3.05) is 25.5 Å². The number of likely N-dealkylation sites (N-methyl/N-ethyl adjacent to an activating group) is 1. The fourth-order valence-corrected chi connectivity index (χ4v) is 5.69. The van der Waals surface area contributed by atoms with Gasteiger partial charge in [0.15, 0.2) is 0 Å². The largest absolute Gasteiger partial charge is 0.481 e. The standard InChI is InChI=1S/C22H23N3O6S.C13H20N2O/c1-12-9-14-4-3-13(10-15(14)20(28)23-12)11-25(2)18-7-6-17(32-18)21(29)24-16(22(30)31)5-8-19(26)27;1-10(2)15-13(16)12-6-4-11(5-7-12)8-9-14-3/h3-4,6-7,10,16H,5,8-9,11H2,1-2H3,(H,24,29)(H,26,27)(H,30,31);4-7,10,14H,8-9H2,1-3H3,(H,15,16)/t16-;/m0./s1. The fraction of sp³-hybridized carbons (Fsp3) is 0.371. The summed E-state index contributed by atoms with van der Waals surface area (Å²) in [6.07, 6.45) is 1.09. The van der Waals surface area contributed by atoms with Crippen LogP contribution in [-0.2, 0) is 29.0 Å². The molecule has 2 heterocycles. The topological polar surface area (TPSA) is 178 Å². The molecule has 2 aromatic carbocycles. The van der Waals surface area contributed by atoms with Crippen molar-refractivity contribution in [2.24, 2.45) is 4.99 Å². The Balaban J connectivity index is 0.000000328. The lowest BCUT2D eigenvalue weighted by molar-refractivity contribution is -0.140. The van der Waals surface area contributed by atoms with E-state index in [0.29, 0.717) is 23.4 Å². The third-order valence-corrected chi connectivity index (χ3v) is 8.50. The average molecular weight is 678 g/mol. The predicted molar refractivity (Wildman–Crippen MR) is 186 cm³/mol. The smallest absolute Gasteiger partial charge is 0.326 e. The van der Waals surface area contributed by atoms with Gasteiger partial charge in [0.25, 0.3) is 17.7 Å². The number of fused-ring (bicyclic) bond motifs is 1. The Bertz CT molecular complexity index is 1650. The molecule has 1 aromatic heterocycles. The molecule has 1 aliphatic heterocycles. The third-order valence-electron chi connectivity index (χ3n) is 7.30. The van der Waals surface area contributed by atoms with Crippen LogP contribution in [-0.4, -0.2) is 78.3 Å². The Labute approximate surface area is 284 Å². The minimum atomic E-state index is -1.28. The van der Waals surface area contributed by atoms with Crippen LogP contribution in [0.3, 0.4) is 0 Å². The van der Waals surface area contributed by atoms with Crippen molar-refractivity contribution in [3.8, 4) is 0 Å². The number of carboxylic acids is 2. The van der Waals surface area contributed by atoms with Crippen molar-refractivity contribution in [3.63, 3.8) is 0 Å². The normalized spacial score (nSPS) is 12.6. The molecule has 0 spiro atoms. The van der Waals surface area contributed by atoms with Crippen LogP contribution in [0, 0.1) is 0 Å². The quantitative estimate of drug-likeness (QED) is 0.168. The summed E-state index contributed by atoms with van der Waals surface area (Å²) < 4.78 is 0. The second-order valence-corrected chi connectivity index (χ2v) is 12.9. The number of aliphatic imine (C=N–C) groups is 1. The van der Waals surface area contributed by atoms with Crippen LogP contribution >= 0.6 is 11.3 Å². The van der Waals surface area contributed by atoms with Crippen LogP contribution in [0.25, 0.3) is 0 Å². The Morgan fingerprint density at radius 1 is 0.958 bits per heavy atom. The van der Waals surface area contributed by atoms with E-state index in [1.807, 2.05) is 82.2 Å². The summed E-state index contributed by atoms with van der Waals surface area (Å²) in [7, 11) is 3.79. The molecule has 0 aliphatic carbocycles. The first-order valence-electron chi connectivity index (χ1n) is 15.6. The highest BCUT2D eigenvalue weighted by molar-refractivity contribution is 7.18. The first-order chi connectivity index (χ1) is 22.8. The first kappa shape index (κ1) is 37.6. The van der Waals surface area contributed by atoms with Crippen LogP contribution in [0.2, 0.25) is 0 Å². The number of carboxylic acid groups (broad SMARTS) is 2. The number of aliphatic carboxylic acids is 2. The number of hydrogen-bond acceptors (Lipinski definition) is 8. The van der Waals surface area contributed by atoms with Crippen molar-refractivity contribution in [1.29, 1.82) is 0 Å². The summed E-state index contributed by atoms with van der Waals surface area (Å²) in [5.74, 6) is -3.22. The molecule has 1 aliphatic rings. The highest BCUT2D eigenvalue weighted by Gasteiger charge is 2.23. The number of anilines is 1. The van der Waals surface area contributed by atoms with Gasteiger partial charge < -0.3 is 31.1 Å². The molecule has 1 atom stereocenters. The second kappa shape index (κ2) is 17.9. The maximum atomic E-state index is 12.4. The molecule has 3 amide bonds. The van der Waals surface area contributed by atoms with Gasteiger partial charge in [-0.15, -0.1) is 11.3 Å². The molecule has 0 unspecified atom stereocenters. The zero-order chi connectivity index (χ0) is 35.4. The molecule has 12 nitrogen and oxygen atoms in total. The highest BCUT2D eigenvalue weighted by atomic mass is 32.1. The molecule has 0 saturated heterocycles. The van der Waals surface area contributed by atoms with Crippen molar-refractivity contribution >= 4 is 51.7 Å².